The number of halogens is 2. The van der Waals surface area contributed by atoms with Crippen LogP contribution in [0.1, 0.15) is 5.82 Å². The molecule has 0 saturated heterocycles. The Kier molecular flexibility index (Phi) is 3.39. The maximum absolute atomic E-state index is 8.83. The summed E-state index contributed by atoms with van der Waals surface area (Å²) in [5, 5.41) is 9.93. The number of nitrogens with zero attached hydrogens (tertiary/aromatic N) is 2. The Labute approximate surface area is 103 Å². The van der Waals surface area contributed by atoms with Gasteiger partial charge in [0.25, 0.3) is 0 Å². The minimum Gasteiger partial charge on any atom is -0.388 e. The predicted octanol–water partition coefficient (Wildman–Crippen LogP) is 2.94. The normalized spacial score (nSPS) is 10.4. The van der Waals surface area contributed by atoms with Crippen molar-refractivity contribution in [2.45, 2.75) is 6.61 Å². The van der Waals surface area contributed by atoms with Crippen molar-refractivity contribution in [3.8, 4) is 11.1 Å². The molecule has 0 amide bonds. The Bertz CT molecular complexity index is 480. The zero-order chi connectivity index (χ0) is 11.5. The van der Waals surface area contributed by atoms with Crippen LogP contribution in [0.25, 0.3) is 11.1 Å². The quantitative estimate of drug-likeness (QED) is 0.897. The van der Waals surface area contributed by atoms with E-state index in [-0.39, 0.29) is 6.61 Å². The molecule has 1 aromatic carbocycles. The first-order valence-electron chi connectivity index (χ1n) is 4.58. The molecule has 2 aromatic rings. The topological polar surface area (TPSA) is 46.0 Å². The van der Waals surface area contributed by atoms with Crippen LogP contribution in [0.15, 0.2) is 30.6 Å². The van der Waals surface area contributed by atoms with E-state index in [1.54, 1.807) is 30.6 Å². The van der Waals surface area contributed by atoms with Crippen molar-refractivity contribution in [1.82, 2.24) is 9.97 Å². The summed E-state index contributed by atoms with van der Waals surface area (Å²) in [7, 11) is 0. The summed E-state index contributed by atoms with van der Waals surface area (Å²) >= 11 is 12.1. The van der Waals surface area contributed by atoms with Gasteiger partial charge in [0.1, 0.15) is 6.61 Å². The van der Waals surface area contributed by atoms with Gasteiger partial charge in [-0.1, -0.05) is 29.3 Å². The van der Waals surface area contributed by atoms with Crippen LogP contribution in [0, 0.1) is 0 Å². The van der Waals surface area contributed by atoms with E-state index in [9.17, 15) is 0 Å². The highest BCUT2D eigenvalue weighted by Gasteiger charge is 2.08. The molecule has 5 heteroatoms. The molecule has 0 spiro atoms. The number of aliphatic hydroxyl groups is 1. The van der Waals surface area contributed by atoms with Gasteiger partial charge in [0, 0.05) is 23.5 Å². The summed E-state index contributed by atoms with van der Waals surface area (Å²) in [6.45, 7) is -0.184. The van der Waals surface area contributed by atoms with Crippen molar-refractivity contribution in [2.24, 2.45) is 0 Å². The van der Waals surface area contributed by atoms with E-state index in [1.807, 2.05) is 0 Å². The number of hydrogen-bond donors (Lipinski definition) is 1. The van der Waals surface area contributed by atoms with Crippen LogP contribution in [-0.4, -0.2) is 15.1 Å². The van der Waals surface area contributed by atoms with Gasteiger partial charge in [0.15, 0.2) is 5.82 Å². The molecule has 0 aliphatic heterocycles. The second kappa shape index (κ2) is 4.78. The van der Waals surface area contributed by atoms with E-state index in [4.69, 9.17) is 28.3 Å². The lowest BCUT2D eigenvalue weighted by atomic mass is 10.1. The summed E-state index contributed by atoms with van der Waals surface area (Å²) in [4.78, 5) is 7.95. The lowest BCUT2D eigenvalue weighted by molar-refractivity contribution is 0.271. The number of rotatable bonds is 2. The van der Waals surface area contributed by atoms with Gasteiger partial charge in [-0.2, -0.15) is 0 Å². The minimum atomic E-state index is -0.184. The lowest BCUT2D eigenvalue weighted by Crippen LogP contribution is -1.94. The molecule has 1 heterocycles. The molecule has 0 atom stereocenters. The molecule has 1 N–H and O–H groups in total. The van der Waals surface area contributed by atoms with Gasteiger partial charge in [-0.05, 0) is 12.1 Å². The summed E-state index contributed by atoms with van der Waals surface area (Å²) in [6, 6.07) is 5.28. The second-order valence-electron chi connectivity index (χ2n) is 3.14. The number of aromatic nitrogens is 2. The monoisotopic (exact) mass is 254 g/mol. The van der Waals surface area contributed by atoms with Crippen LogP contribution in [0.2, 0.25) is 10.0 Å². The highest BCUT2D eigenvalue weighted by atomic mass is 35.5. The van der Waals surface area contributed by atoms with Crippen LogP contribution >= 0.6 is 23.2 Å². The smallest absolute Gasteiger partial charge is 0.153 e. The van der Waals surface area contributed by atoms with Gasteiger partial charge in [0.05, 0.1) is 10.0 Å². The number of hydrogen-bond acceptors (Lipinski definition) is 3. The van der Waals surface area contributed by atoms with E-state index in [1.165, 1.54) is 0 Å². The fourth-order valence-electron chi connectivity index (χ4n) is 1.34. The van der Waals surface area contributed by atoms with Gasteiger partial charge in [-0.3, -0.25) is 0 Å². The van der Waals surface area contributed by atoms with E-state index in [0.717, 1.165) is 5.56 Å². The van der Waals surface area contributed by atoms with Gasteiger partial charge in [-0.25, -0.2) is 9.97 Å². The van der Waals surface area contributed by atoms with E-state index < -0.39 is 0 Å². The lowest BCUT2D eigenvalue weighted by Gasteiger charge is -2.06. The Morgan fingerprint density at radius 3 is 2.12 bits per heavy atom. The second-order valence-corrected chi connectivity index (χ2v) is 3.96. The Hall–Kier alpha value is -1.16. The Morgan fingerprint density at radius 2 is 1.62 bits per heavy atom. The molecule has 82 valence electrons. The first-order valence-corrected chi connectivity index (χ1v) is 5.34. The third-order valence-electron chi connectivity index (χ3n) is 2.10. The van der Waals surface area contributed by atoms with E-state index in [0.29, 0.717) is 21.4 Å². The molecule has 0 aliphatic carbocycles. The van der Waals surface area contributed by atoms with E-state index >= 15 is 0 Å². The summed E-state index contributed by atoms with van der Waals surface area (Å²) in [6.07, 6.45) is 3.18. The van der Waals surface area contributed by atoms with Crippen molar-refractivity contribution < 1.29 is 5.11 Å². The molecular weight excluding hydrogens is 247 g/mol. The predicted molar refractivity (Wildman–Crippen MR) is 63.4 cm³/mol. The maximum atomic E-state index is 8.83. The fourth-order valence-corrected chi connectivity index (χ4v) is 1.95. The number of benzene rings is 1. The molecule has 2 rings (SSSR count). The fraction of sp³-hybridized carbons (Fsp3) is 0.0909. The Balaban J connectivity index is 2.50. The van der Waals surface area contributed by atoms with Crippen molar-refractivity contribution in [3.05, 3.63) is 46.5 Å². The third kappa shape index (κ3) is 2.16. The SMILES string of the molecule is OCc1ncc(-c2c(Cl)cccc2Cl)cn1. The molecular formula is C11H8Cl2N2O. The summed E-state index contributed by atoms with van der Waals surface area (Å²) in [5.74, 6) is 0.368. The number of aliphatic hydroxyl groups excluding tert-OH is 1. The molecule has 0 radical (unpaired) electrons. The molecule has 0 fully saturated rings. The Morgan fingerprint density at radius 1 is 1.06 bits per heavy atom. The molecule has 3 nitrogen and oxygen atoms in total. The molecule has 0 unspecified atom stereocenters. The van der Waals surface area contributed by atoms with Crippen molar-refractivity contribution >= 4 is 23.2 Å². The van der Waals surface area contributed by atoms with Gasteiger partial charge in [0.2, 0.25) is 0 Å². The van der Waals surface area contributed by atoms with Crippen LogP contribution < -0.4 is 0 Å². The molecule has 0 aliphatic rings. The zero-order valence-electron chi connectivity index (χ0n) is 8.19. The van der Waals surface area contributed by atoms with Gasteiger partial charge < -0.3 is 5.11 Å². The summed E-state index contributed by atoms with van der Waals surface area (Å²) in [5.41, 5.74) is 1.43. The van der Waals surface area contributed by atoms with Crippen molar-refractivity contribution in [2.75, 3.05) is 0 Å². The van der Waals surface area contributed by atoms with E-state index in [2.05, 4.69) is 9.97 Å². The van der Waals surface area contributed by atoms with Crippen LogP contribution in [-0.2, 0) is 6.61 Å². The molecule has 1 aromatic heterocycles. The average Bonchev–Trinajstić information content (AvgIpc) is 2.30. The zero-order valence-corrected chi connectivity index (χ0v) is 9.70. The van der Waals surface area contributed by atoms with Gasteiger partial charge >= 0.3 is 0 Å². The van der Waals surface area contributed by atoms with Crippen LogP contribution in [0.3, 0.4) is 0 Å². The molecule has 16 heavy (non-hydrogen) atoms. The standard InChI is InChI=1S/C11H8Cl2N2O/c12-8-2-1-3-9(13)11(8)7-4-14-10(6-16)15-5-7/h1-5,16H,6H2. The van der Waals surface area contributed by atoms with Crippen LogP contribution in [0.4, 0.5) is 0 Å². The highest BCUT2D eigenvalue weighted by Crippen LogP contribution is 2.33. The molecule has 0 bridgehead atoms. The maximum Gasteiger partial charge on any atom is 0.153 e. The molecule has 0 saturated carbocycles. The van der Waals surface area contributed by atoms with Crippen LogP contribution in [0.5, 0.6) is 0 Å². The minimum absolute atomic E-state index is 0.184. The first kappa shape index (κ1) is 11.3. The highest BCUT2D eigenvalue weighted by molar-refractivity contribution is 6.39. The van der Waals surface area contributed by atoms with Crippen molar-refractivity contribution in [1.29, 1.82) is 0 Å². The average molecular weight is 255 g/mol. The first-order chi connectivity index (χ1) is 7.72. The largest absolute Gasteiger partial charge is 0.388 e. The van der Waals surface area contributed by atoms with Crippen molar-refractivity contribution in [3.63, 3.8) is 0 Å². The third-order valence-corrected chi connectivity index (χ3v) is 2.73. The summed E-state index contributed by atoms with van der Waals surface area (Å²) < 4.78 is 0. The van der Waals surface area contributed by atoms with Gasteiger partial charge in [-0.15, -0.1) is 0 Å².